The Morgan fingerprint density at radius 3 is 2.64 bits per heavy atom. The van der Waals surface area contributed by atoms with Crippen LogP contribution in [0.15, 0.2) is 10.5 Å². The van der Waals surface area contributed by atoms with Crippen LogP contribution in [0.1, 0.15) is 41.9 Å². The number of amides is 2. The minimum absolute atomic E-state index is 0.0288. The number of aromatic nitrogens is 1. The van der Waals surface area contributed by atoms with Crippen molar-refractivity contribution in [1.29, 1.82) is 0 Å². The zero-order valence-electron chi connectivity index (χ0n) is 12.7. The number of carbonyl (C=O) groups is 2. The van der Waals surface area contributed by atoms with E-state index in [1.165, 1.54) is 6.07 Å². The molecule has 1 aromatic heterocycles. The van der Waals surface area contributed by atoms with Crippen LogP contribution >= 0.6 is 11.6 Å². The average Bonchev–Trinajstić information content (AvgIpc) is 2.94. The molecule has 1 fully saturated rings. The maximum absolute atomic E-state index is 13.7. The summed E-state index contributed by atoms with van der Waals surface area (Å²) < 4.78 is 32.7. The molecule has 1 aliphatic heterocycles. The van der Waals surface area contributed by atoms with E-state index in [-0.39, 0.29) is 34.7 Å². The van der Waals surface area contributed by atoms with Gasteiger partial charge in [-0.2, -0.15) is 0 Å². The highest BCUT2D eigenvalue weighted by Crippen LogP contribution is 2.51. The number of benzene rings is 1. The molecule has 0 bridgehead atoms. The molecule has 7 nitrogen and oxygen atoms in total. The summed E-state index contributed by atoms with van der Waals surface area (Å²) in [5.74, 6) is -4.71. The Balaban J connectivity index is 1.97. The Hall–Kier alpha value is -2.42. The van der Waals surface area contributed by atoms with Crippen molar-refractivity contribution in [2.75, 3.05) is 5.32 Å². The van der Waals surface area contributed by atoms with E-state index < -0.39 is 42.2 Å². The number of hydrogen-bond acceptors (Lipinski definition) is 4. The van der Waals surface area contributed by atoms with Crippen LogP contribution in [0.2, 0.25) is 5.02 Å². The van der Waals surface area contributed by atoms with Crippen molar-refractivity contribution in [3.05, 3.63) is 22.5 Å². The van der Waals surface area contributed by atoms with Gasteiger partial charge in [-0.15, -0.1) is 0 Å². The lowest BCUT2D eigenvalue weighted by Crippen LogP contribution is -2.54. The van der Waals surface area contributed by atoms with E-state index in [0.717, 1.165) is 0 Å². The summed E-state index contributed by atoms with van der Waals surface area (Å²) in [6, 6.07) is 0.819. The van der Waals surface area contributed by atoms with Gasteiger partial charge in [0.1, 0.15) is 5.52 Å². The number of anilines is 1. The smallest absolute Gasteiger partial charge is 0.392 e. The molecule has 2 aliphatic rings. The van der Waals surface area contributed by atoms with Gasteiger partial charge in [0.05, 0.1) is 16.2 Å². The lowest BCUT2D eigenvalue weighted by molar-refractivity contribution is -0.0552. The number of hydrogen-bond donors (Lipinski definition) is 3. The monoisotopic (exact) mass is 371 g/mol. The standard InChI is InChI=1S/C15H12ClF2N3O4/c16-6-5-7-10(25-11(19-7)12(22)23)8-9(6)20-13(24)21-14(8)1-3-15(17,18)4-2-14/h5H,1-4H2,(H,22,23)(H2,20,21,24). The first-order chi connectivity index (χ1) is 11.7. The van der Waals surface area contributed by atoms with Crippen molar-refractivity contribution in [2.45, 2.75) is 37.1 Å². The number of oxazole rings is 1. The normalized spacial score (nSPS) is 20.8. The Labute approximate surface area is 144 Å². The minimum atomic E-state index is -2.81. The number of carboxylic acids is 1. The van der Waals surface area contributed by atoms with E-state index in [0.29, 0.717) is 5.56 Å². The van der Waals surface area contributed by atoms with Gasteiger partial charge in [0.25, 0.3) is 0 Å². The summed E-state index contributed by atoms with van der Waals surface area (Å²) in [6.45, 7) is 0. The van der Waals surface area contributed by atoms with Crippen LogP contribution in [-0.2, 0) is 5.54 Å². The average molecular weight is 372 g/mol. The van der Waals surface area contributed by atoms with Gasteiger partial charge in [0.2, 0.25) is 5.92 Å². The van der Waals surface area contributed by atoms with Crippen LogP contribution < -0.4 is 10.6 Å². The quantitative estimate of drug-likeness (QED) is 0.708. The predicted octanol–water partition coefficient (Wildman–Crippen LogP) is 3.72. The van der Waals surface area contributed by atoms with Crippen LogP contribution in [0.4, 0.5) is 19.3 Å². The van der Waals surface area contributed by atoms with Crippen LogP contribution in [0.25, 0.3) is 11.1 Å². The largest absolute Gasteiger partial charge is 0.474 e. The third-order valence-corrected chi connectivity index (χ3v) is 5.02. The molecule has 1 aromatic carbocycles. The molecule has 2 heterocycles. The second kappa shape index (κ2) is 5.04. The number of nitrogens with one attached hydrogen (secondary N) is 2. The van der Waals surface area contributed by atoms with Crippen molar-refractivity contribution in [2.24, 2.45) is 0 Å². The lowest BCUT2D eigenvalue weighted by Gasteiger charge is -2.44. The van der Waals surface area contributed by atoms with Gasteiger partial charge in [0, 0.05) is 18.4 Å². The Bertz CT molecular complexity index is 917. The SMILES string of the molecule is O=C1Nc2c(Cl)cc3nc(C(=O)O)oc3c2C2(CCC(F)(F)CC2)N1. The molecule has 0 saturated heterocycles. The van der Waals surface area contributed by atoms with E-state index in [4.69, 9.17) is 21.1 Å². The van der Waals surface area contributed by atoms with Gasteiger partial charge in [-0.25, -0.2) is 23.4 Å². The predicted molar refractivity (Wildman–Crippen MR) is 83.2 cm³/mol. The van der Waals surface area contributed by atoms with Crippen molar-refractivity contribution in [3.8, 4) is 0 Å². The fraction of sp³-hybridized carbons (Fsp3) is 0.400. The van der Waals surface area contributed by atoms with Gasteiger partial charge in [-0.1, -0.05) is 11.6 Å². The number of alkyl halides is 2. The molecule has 25 heavy (non-hydrogen) atoms. The summed E-state index contributed by atoms with van der Waals surface area (Å²) in [4.78, 5) is 27.1. The maximum Gasteiger partial charge on any atom is 0.392 e. The molecule has 4 rings (SSSR count). The van der Waals surface area contributed by atoms with Crippen molar-refractivity contribution >= 4 is 40.4 Å². The number of rotatable bonds is 1. The van der Waals surface area contributed by atoms with Crippen LogP contribution in [0.3, 0.4) is 0 Å². The summed E-state index contributed by atoms with van der Waals surface area (Å²) in [6.07, 6.45) is -0.890. The van der Waals surface area contributed by atoms with Gasteiger partial charge in [-0.05, 0) is 18.9 Å². The Morgan fingerprint density at radius 2 is 2.00 bits per heavy atom. The van der Waals surface area contributed by atoms with Crippen LogP contribution in [0, 0.1) is 0 Å². The Kier molecular flexibility index (Phi) is 3.24. The number of carboxylic acid groups (broad SMARTS) is 1. The highest BCUT2D eigenvalue weighted by Gasteiger charge is 2.50. The Morgan fingerprint density at radius 1 is 1.32 bits per heavy atom. The maximum atomic E-state index is 13.7. The summed E-state index contributed by atoms with van der Waals surface area (Å²) in [5.41, 5.74) is -0.204. The fourth-order valence-corrected chi connectivity index (χ4v) is 3.79. The molecule has 1 saturated carbocycles. The molecule has 0 unspecified atom stereocenters. The van der Waals surface area contributed by atoms with Gasteiger partial charge in [-0.3, -0.25) is 0 Å². The molecule has 1 spiro atoms. The highest BCUT2D eigenvalue weighted by molar-refractivity contribution is 6.35. The second-order valence-electron chi connectivity index (χ2n) is 6.30. The summed E-state index contributed by atoms with van der Waals surface area (Å²) in [7, 11) is 0. The molecule has 2 amide bonds. The first-order valence-corrected chi connectivity index (χ1v) is 7.92. The summed E-state index contributed by atoms with van der Waals surface area (Å²) in [5, 5.41) is 14.5. The first kappa shape index (κ1) is 16.1. The lowest BCUT2D eigenvalue weighted by atomic mass is 9.73. The van der Waals surface area contributed by atoms with Crippen LogP contribution in [0.5, 0.6) is 0 Å². The number of fused-ring (bicyclic) bond motifs is 4. The zero-order chi connectivity index (χ0) is 18.0. The van der Waals surface area contributed by atoms with E-state index in [1.807, 2.05) is 0 Å². The molecular weight excluding hydrogens is 360 g/mol. The number of urea groups is 1. The molecule has 2 aromatic rings. The van der Waals surface area contributed by atoms with E-state index in [1.54, 1.807) is 0 Å². The molecule has 0 radical (unpaired) electrons. The molecular formula is C15H12ClF2N3O4. The van der Waals surface area contributed by atoms with E-state index >= 15 is 0 Å². The molecule has 0 atom stereocenters. The van der Waals surface area contributed by atoms with Crippen molar-refractivity contribution < 1.29 is 27.9 Å². The fourth-order valence-electron chi connectivity index (χ4n) is 3.55. The van der Waals surface area contributed by atoms with Gasteiger partial charge in [0.15, 0.2) is 5.58 Å². The molecule has 132 valence electrons. The van der Waals surface area contributed by atoms with Crippen molar-refractivity contribution in [3.63, 3.8) is 0 Å². The molecule has 1 aliphatic carbocycles. The second-order valence-corrected chi connectivity index (χ2v) is 6.71. The summed E-state index contributed by atoms with van der Waals surface area (Å²) >= 11 is 6.21. The minimum Gasteiger partial charge on any atom is -0.474 e. The van der Waals surface area contributed by atoms with Gasteiger partial charge < -0.3 is 20.2 Å². The van der Waals surface area contributed by atoms with Gasteiger partial charge >= 0.3 is 17.9 Å². The number of aromatic carboxylic acids is 1. The van der Waals surface area contributed by atoms with Crippen LogP contribution in [-0.4, -0.2) is 28.0 Å². The highest BCUT2D eigenvalue weighted by atomic mass is 35.5. The van der Waals surface area contributed by atoms with Crippen molar-refractivity contribution in [1.82, 2.24) is 10.3 Å². The van der Waals surface area contributed by atoms with E-state index in [9.17, 15) is 18.4 Å². The number of nitrogens with zero attached hydrogens (tertiary/aromatic N) is 1. The number of halogens is 3. The number of carbonyl (C=O) groups excluding carboxylic acids is 1. The molecule has 3 N–H and O–H groups in total. The molecule has 10 heteroatoms. The van der Waals surface area contributed by atoms with E-state index in [2.05, 4.69) is 15.6 Å². The third-order valence-electron chi connectivity index (χ3n) is 4.72. The third kappa shape index (κ3) is 2.41. The zero-order valence-corrected chi connectivity index (χ0v) is 13.4. The topological polar surface area (TPSA) is 104 Å². The first-order valence-electron chi connectivity index (χ1n) is 7.55.